The first kappa shape index (κ1) is 13.0. The monoisotopic (exact) mass is 252 g/mol. The molecule has 0 radical (unpaired) electrons. The van der Waals surface area contributed by atoms with Gasteiger partial charge in [-0.15, -0.1) is 0 Å². The molecule has 2 aromatic rings. The van der Waals surface area contributed by atoms with Gasteiger partial charge in [0.25, 0.3) is 0 Å². The highest BCUT2D eigenvalue weighted by atomic mass is 16.1. The van der Waals surface area contributed by atoms with E-state index in [1.165, 1.54) is 0 Å². The van der Waals surface area contributed by atoms with Crippen LogP contribution < -0.4 is 5.73 Å². The van der Waals surface area contributed by atoms with Crippen molar-refractivity contribution in [3.8, 4) is 0 Å². The van der Waals surface area contributed by atoms with Gasteiger partial charge in [-0.1, -0.05) is 48.0 Å². The average Bonchev–Trinajstić information content (AvgIpc) is 2.39. The number of Topliss-reactive ketones (excluding diaryl/α,β-unsaturated/α-hetero) is 1. The second-order valence-electron chi connectivity index (χ2n) is 4.58. The number of nitrogens with one attached hydrogen (secondary N) is 1. The molecule has 0 unspecified atom stereocenters. The molecule has 3 heteroatoms. The first-order valence-corrected chi connectivity index (χ1v) is 6.09. The maximum atomic E-state index is 12.1. The molecule has 0 aliphatic rings. The molecule has 2 rings (SSSR count). The van der Waals surface area contributed by atoms with Gasteiger partial charge in [0.15, 0.2) is 5.78 Å². The van der Waals surface area contributed by atoms with Crippen LogP contribution in [0.2, 0.25) is 0 Å². The van der Waals surface area contributed by atoms with Crippen molar-refractivity contribution in [1.82, 2.24) is 0 Å². The Labute approximate surface area is 112 Å². The van der Waals surface area contributed by atoms with E-state index >= 15 is 0 Å². The maximum Gasteiger partial charge on any atom is 0.167 e. The van der Waals surface area contributed by atoms with E-state index < -0.39 is 0 Å². The fraction of sp³-hybridized carbons (Fsp3) is 0.125. The summed E-state index contributed by atoms with van der Waals surface area (Å²) in [6.07, 6.45) is 0.324. The molecule has 0 saturated heterocycles. The Morgan fingerprint density at radius 3 is 2.42 bits per heavy atom. The highest BCUT2D eigenvalue weighted by Gasteiger charge is 2.07. The number of ketones is 1. The van der Waals surface area contributed by atoms with Gasteiger partial charge in [0, 0.05) is 17.5 Å². The zero-order valence-corrected chi connectivity index (χ0v) is 10.8. The molecule has 2 aromatic carbocycles. The second kappa shape index (κ2) is 5.48. The number of benzene rings is 2. The molecule has 0 saturated carbocycles. The Morgan fingerprint density at radius 1 is 1.11 bits per heavy atom. The van der Waals surface area contributed by atoms with Crippen molar-refractivity contribution in [3.05, 3.63) is 70.8 Å². The number of rotatable bonds is 4. The molecule has 3 nitrogen and oxygen atoms in total. The number of nitrogen functional groups attached to an aromatic ring is 1. The number of carbonyl (C=O) groups excluding carboxylic acids is 1. The third-order valence-corrected chi connectivity index (χ3v) is 2.98. The van der Waals surface area contributed by atoms with Crippen LogP contribution in [-0.2, 0) is 6.42 Å². The molecule has 3 N–H and O–H groups in total. The molecule has 96 valence electrons. The molecule has 0 heterocycles. The van der Waals surface area contributed by atoms with Crippen LogP contribution in [0.4, 0.5) is 0 Å². The van der Waals surface area contributed by atoms with Gasteiger partial charge in [-0.3, -0.25) is 10.2 Å². The molecular formula is C16H16N2O. The van der Waals surface area contributed by atoms with Crippen molar-refractivity contribution in [3.63, 3.8) is 0 Å². The minimum atomic E-state index is 0.0182. The summed E-state index contributed by atoms with van der Waals surface area (Å²) >= 11 is 0. The van der Waals surface area contributed by atoms with Crippen LogP contribution >= 0.6 is 0 Å². The molecule has 0 atom stereocenters. The van der Waals surface area contributed by atoms with Crippen molar-refractivity contribution in [1.29, 1.82) is 5.41 Å². The summed E-state index contributed by atoms with van der Waals surface area (Å²) in [6.45, 7) is 1.99. The van der Waals surface area contributed by atoms with Crippen LogP contribution in [0.1, 0.15) is 27.0 Å². The topological polar surface area (TPSA) is 66.9 Å². The lowest BCUT2D eigenvalue weighted by molar-refractivity contribution is 0.0993. The van der Waals surface area contributed by atoms with E-state index in [-0.39, 0.29) is 11.6 Å². The smallest absolute Gasteiger partial charge is 0.167 e. The summed E-state index contributed by atoms with van der Waals surface area (Å²) in [5.41, 5.74) is 8.80. The van der Waals surface area contributed by atoms with Gasteiger partial charge in [-0.25, -0.2) is 0 Å². The standard InChI is InChI=1S/C16H16N2O/c1-11-5-7-13(8-6-11)15(19)10-12-3-2-4-14(9-12)16(17)18/h2-9H,10H2,1H3,(H3,17,18). The van der Waals surface area contributed by atoms with Crippen molar-refractivity contribution in [2.45, 2.75) is 13.3 Å². The maximum absolute atomic E-state index is 12.1. The fourth-order valence-corrected chi connectivity index (χ4v) is 1.88. The number of aryl methyl sites for hydroxylation is 1. The third kappa shape index (κ3) is 3.28. The predicted octanol–water partition coefficient (Wildman–Crippen LogP) is 2.70. The van der Waals surface area contributed by atoms with Crippen LogP contribution in [0.5, 0.6) is 0 Å². The number of hydrogen-bond donors (Lipinski definition) is 2. The summed E-state index contributed by atoms with van der Waals surface area (Å²) < 4.78 is 0. The summed E-state index contributed by atoms with van der Waals surface area (Å²) in [5, 5.41) is 7.40. The highest BCUT2D eigenvalue weighted by Crippen LogP contribution is 2.10. The quantitative estimate of drug-likeness (QED) is 0.499. The van der Waals surface area contributed by atoms with E-state index in [9.17, 15) is 4.79 Å². The van der Waals surface area contributed by atoms with Gasteiger partial charge in [-0.05, 0) is 18.6 Å². The summed E-state index contributed by atoms with van der Waals surface area (Å²) in [5.74, 6) is 0.0883. The third-order valence-electron chi connectivity index (χ3n) is 2.98. The van der Waals surface area contributed by atoms with Crippen molar-refractivity contribution in [2.24, 2.45) is 5.73 Å². The van der Waals surface area contributed by atoms with Gasteiger partial charge in [0.2, 0.25) is 0 Å². The molecule has 0 bridgehead atoms. The number of nitrogens with two attached hydrogens (primary N) is 1. The van der Waals surface area contributed by atoms with E-state index in [0.29, 0.717) is 17.5 Å². The van der Waals surface area contributed by atoms with E-state index in [2.05, 4.69) is 0 Å². The van der Waals surface area contributed by atoms with E-state index in [0.717, 1.165) is 11.1 Å². The Hall–Kier alpha value is -2.42. The minimum Gasteiger partial charge on any atom is -0.384 e. The lowest BCUT2D eigenvalue weighted by Crippen LogP contribution is -2.12. The fourth-order valence-electron chi connectivity index (χ4n) is 1.88. The van der Waals surface area contributed by atoms with Crippen molar-refractivity contribution < 1.29 is 4.79 Å². The number of amidine groups is 1. The summed E-state index contributed by atoms with van der Waals surface area (Å²) in [7, 11) is 0. The Kier molecular flexibility index (Phi) is 3.76. The van der Waals surface area contributed by atoms with E-state index in [4.69, 9.17) is 11.1 Å². The Balaban J connectivity index is 2.17. The minimum absolute atomic E-state index is 0.0182. The van der Waals surface area contributed by atoms with Crippen LogP contribution in [0.3, 0.4) is 0 Å². The van der Waals surface area contributed by atoms with Gasteiger partial charge in [0.05, 0.1) is 0 Å². The molecule has 0 fully saturated rings. The predicted molar refractivity (Wildman–Crippen MR) is 76.7 cm³/mol. The van der Waals surface area contributed by atoms with Gasteiger partial charge in [0.1, 0.15) is 5.84 Å². The largest absolute Gasteiger partial charge is 0.384 e. The molecule has 0 amide bonds. The van der Waals surface area contributed by atoms with Crippen LogP contribution in [0, 0.1) is 12.3 Å². The molecule has 0 spiro atoms. The molecule has 0 aliphatic carbocycles. The second-order valence-corrected chi connectivity index (χ2v) is 4.58. The molecule has 0 aromatic heterocycles. The normalized spacial score (nSPS) is 10.2. The van der Waals surface area contributed by atoms with Gasteiger partial charge < -0.3 is 5.73 Å². The van der Waals surface area contributed by atoms with Crippen molar-refractivity contribution in [2.75, 3.05) is 0 Å². The highest BCUT2D eigenvalue weighted by molar-refractivity contribution is 5.98. The average molecular weight is 252 g/mol. The molecular weight excluding hydrogens is 236 g/mol. The van der Waals surface area contributed by atoms with E-state index in [1.54, 1.807) is 12.1 Å². The zero-order chi connectivity index (χ0) is 13.8. The van der Waals surface area contributed by atoms with E-state index in [1.807, 2.05) is 43.3 Å². The lowest BCUT2D eigenvalue weighted by atomic mass is 10.0. The zero-order valence-electron chi connectivity index (χ0n) is 10.8. The first-order valence-electron chi connectivity index (χ1n) is 6.09. The molecule has 19 heavy (non-hydrogen) atoms. The molecule has 0 aliphatic heterocycles. The van der Waals surface area contributed by atoms with Crippen LogP contribution in [-0.4, -0.2) is 11.6 Å². The number of hydrogen-bond acceptors (Lipinski definition) is 2. The van der Waals surface area contributed by atoms with Gasteiger partial charge in [-0.2, -0.15) is 0 Å². The summed E-state index contributed by atoms with van der Waals surface area (Å²) in [4.78, 5) is 12.1. The van der Waals surface area contributed by atoms with Crippen molar-refractivity contribution >= 4 is 11.6 Å². The Bertz CT molecular complexity index is 615. The summed E-state index contributed by atoms with van der Waals surface area (Å²) in [6, 6.07) is 14.8. The SMILES string of the molecule is Cc1ccc(C(=O)Cc2cccc(C(=N)N)c2)cc1. The lowest BCUT2D eigenvalue weighted by Gasteiger charge is -2.04. The Morgan fingerprint density at radius 2 is 1.79 bits per heavy atom. The van der Waals surface area contributed by atoms with Crippen LogP contribution in [0.25, 0.3) is 0 Å². The van der Waals surface area contributed by atoms with Gasteiger partial charge >= 0.3 is 0 Å². The van der Waals surface area contributed by atoms with Crippen LogP contribution in [0.15, 0.2) is 48.5 Å². The first-order chi connectivity index (χ1) is 9.06. The number of carbonyl (C=O) groups is 1.